The average Bonchev–Trinajstić information content (AvgIpc) is 3.36. The molecule has 0 unspecified atom stereocenters. The van der Waals surface area contributed by atoms with E-state index < -0.39 is 34.2 Å². The first-order valence-electron chi connectivity index (χ1n) is 8.52. The maximum atomic E-state index is 12.9. The molecule has 0 bridgehead atoms. The van der Waals surface area contributed by atoms with Crippen molar-refractivity contribution in [1.29, 1.82) is 0 Å². The summed E-state index contributed by atoms with van der Waals surface area (Å²) in [6.45, 7) is 0.960. The Balaban J connectivity index is 1.82. The quantitative estimate of drug-likeness (QED) is 0.704. The number of aromatic hydroxyl groups is 1. The topological polar surface area (TPSA) is 101 Å². The fraction of sp³-hybridized carbons (Fsp3) is 0.412. The number of nitrogens with one attached hydrogen (secondary N) is 1. The van der Waals surface area contributed by atoms with Crippen LogP contribution < -0.4 is 5.32 Å². The summed E-state index contributed by atoms with van der Waals surface area (Å²) in [7, 11) is -3.56. The first-order valence-corrected chi connectivity index (χ1v) is 10.2. The molecular formula is C17H18F3N3O4S. The lowest BCUT2D eigenvalue weighted by Crippen LogP contribution is -2.21. The molecule has 28 heavy (non-hydrogen) atoms. The van der Waals surface area contributed by atoms with Gasteiger partial charge >= 0.3 is 6.18 Å². The third kappa shape index (κ3) is 4.29. The number of nitrogens with zero attached hydrogens (tertiary/aromatic N) is 2. The van der Waals surface area contributed by atoms with E-state index in [2.05, 4.69) is 10.4 Å². The number of phenols is 1. The number of alkyl halides is 3. The Labute approximate surface area is 159 Å². The first kappa shape index (κ1) is 20.2. The molecule has 0 radical (unpaired) electrons. The van der Waals surface area contributed by atoms with E-state index >= 15 is 0 Å². The predicted molar refractivity (Wildman–Crippen MR) is 93.7 cm³/mol. The van der Waals surface area contributed by atoms with Gasteiger partial charge < -0.3 is 10.4 Å². The minimum atomic E-state index is -4.62. The lowest BCUT2D eigenvalue weighted by atomic mass is 10.2. The van der Waals surface area contributed by atoms with Crippen molar-refractivity contribution in [3.63, 3.8) is 0 Å². The van der Waals surface area contributed by atoms with Crippen molar-refractivity contribution in [2.45, 2.75) is 43.3 Å². The molecule has 0 spiro atoms. The van der Waals surface area contributed by atoms with Gasteiger partial charge in [-0.1, -0.05) is 6.92 Å². The highest BCUT2D eigenvalue weighted by Crippen LogP contribution is 2.42. The molecule has 1 aromatic heterocycles. The molecule has 1 aliphatic rings. The smallest absolute Gasteiger partial charge is 0.435 e. The number of aromatic nitrogens is 2. The molecule has 1 amide bonds. The number of amides is 1. The number of carbonyl (C=O) groups is 1. The molecule has 1 saturated carbocycles. The fourth-order valence-electron chi connectivity index (χ4n) is 2.71. The normalized spacial score (nSPS) is 14.9. The van der Waals surface area contributed by atoms with Gasteiger partial charge in [-0.15, -0.1) is 0 Å². The van der Waals surface area contributed by atoms with Gasteiger partial charge in [0, 0.05) is 11.6 Å². The molecule has 0 atom stereocenters. The van der Waals surface area contributed by atoms with Crippen LogP contribution in [-0.2, 0) is 27.4 Å². The Kier molecular flexibility index (Phi) is 5.13. The average molecular weight is 417 g/mol. The van der Waals surface area contributed by atoms with E-state index in [1.165, 1.54) is 13.0 Å². The Bertz CT molecular complexity index is 1010. The zero-order valence-corrected chi connectivity index (χ0v) is 15.6. The number of hydrogen-bond donors (Lipinski definition) is 2. The van der Waals surface area contributed by atoms with Crippen LogP contribution in [0.2, 0.25) is 0 Å². The predicted octanol–water partition coefficient (Wildman–Crippen LogP) is 2.92. The third-order valence-electron chi connectivity index (χ3n) is 4.37. The van der Waals surface area contributed by atoms with Crippen molar-refractivity contribution in [2.75, 3.05) is 11.1 Å². The Hall–Kier alpha value is -2.56. The summed E-state index contributed by atoms with van der Waals surface area (Å²) in [4.78, 5) is 12.2. The highest BCUT2D eigenvalue weighted by molar-refractivity contribution is 7.91. The van der Waals surface area contributed by atoms with Crippen LogP contribution in [0.25, 0.3) is 0 Å². The molecular weight excluding hydrogens is 399 g/mol. The van der Waals surface area contributed by atoms with Crippen LogP contribution in [0.1, 0.15) is 37.1 Å². The van der Waals surface area contributed by atoms with Gasteiger partial charge in [0.2, 0.25) is 5.91 Å². The molecule has 2 N–H and O–H groups in total. The van der Waals surface area contributed by atoms with Crippen LogP contribution >= 0.6 is 0 Å². The second kappa shape index (κ2) is 7.12. The molecule has 11 heteroatoms. The van der Waals surface area contributed by atoms with Crippen molar-refractivity contribution in [3.8, 4) is 5.75 Å². The van der Waals surface area contributed by atoms with Gasteiger partial charge in [-0.05, 0) is 37.1 Å². The van der Waals surface area contributed by atoms with Gasteiger partial charge in [-0.2, -0.15) is 18.3 Å². The minimum Gasteiger partial charge on any atom is -0.506 e. The number of anilines is 1. The summed E-state index contributed by atoms with van der Waals surface area (Å²) < 4.78 is 63.7. The molecule has 3 rings (SSSR count). The van der Waals surface area contributed by atoms with Gasteiger partial charge in [-0.3, -0.25) is 9.48 Å². The van der Waals surface area contributed by atoms with Gasteiger partial charge in [0.15, 0.2) is 15.5 Å². The van der Waals surface area contributed by atoms with Crippen molar-refractivity contribution < 1.29 is 31.5 Å². The van der Waals surface area contributed by atoms with Crippen molar-refractivity contribution in [2.24, 2.45) is 0 Å². The Morgan fingerprint density at radius 3 is 2.57 bits per heavy atom. The Morgan fingerprint density at radius 2 is 2.00 bits per heavy atom. The van der Waals surface area contributed by atoms with E-state index in [-0.39, 0.29) is 28.0 Å². The summed E-state index contributed by atoms with van der Waals surface area (Å²) in [5.41, 5.74) is -0.884. The molecule has 1 fully saturated rings. The van der Waals surface area contributed by atoms with Gasteiger partial charge in [0.25, 0.3) is 0 Å². The third-order valence-corrected chi connectivity index (χ3v) is 6.10. The summed E-state index contributed by atoms with van der Waals surface area (Å²) in [5.74, 6) is -1.33. The number of carbonyl (C=O) groups excluding carboxylic acids is 1. The number of phenolic OH excluding ortho intramolecular Hbond substituents is 1. The zero-order valence-electron chi connectivity index (χ0n) is 14.8. The van der Waals surface area contributed by atoms with E-state index in [1.807, 2.05) is 0 Å². The zero-order chi connectivity index (χ0) is 20.7. The molecule has 152 valence electrons. The maximum Gasteiger partial charge on any atom is 0.435 e. The molecule has 0 saturated heterocycles. The first-order chi connectivity index (χ1) is 13.0. The molecule has 7 nitrogen and oxygen atoms in total. The van der Waals surface area contributed by atoms with Crippen LogP contribution in [0.15, 0.2) is 29.2 Å². The van der Waals surface area contributed by atoms with Crippen molar-refractivity contribution in [1.82, 2.24) is 9.78 Å². The lowest BCUT2D eigenvalue weighted by molar-refractivity contribution is -0.141. The number of hydrogen-bond acceptors (Lipinski definition) is 5. The van der Waals surface area contributed by atoms with E-state index in [9.17, 15) is 31.5 Å². The summed E-state index contributed by atoms with van der Waals surface area (Å²) >= 11 is 0. The SMILES string of the molecule is CCS(=O)(=O)c1ccc(O)c(NC(=O)Cn2nc(C(F)(F)F)cc2C2CC2)c1. The van der Waals surface area contributed by atoms with Gasteiger partial charge in [0.1, 0.15) is 12.3 Å². The van der Waals surface area contributed by atoms with Crippen LogP contribution in [-0.4, -0.2) is 35.0 Å². The molecule has 2 aromatic rings. The number of halogens is 3. The second-order valence-electron chi connectivity index (χ2n) is 6.51. The molecule has 0 aliphatic heterocycles. The van der Waals surface area contributed by atoms with Crippen LogP contribution in [0, 0.1) is 0 Å². The maximum absolute atomic E-state index is 12.9. The monoisotopic (exact) mass is 417 g/mol. The van der Waals surface area contributed by atoms with E-state index in [4.69, 9.17) is 0 Å². The summed E-state index contributed by atoms with van der Waals surface area (Å²) in [5, 5.41) is 15.7. The van der Waals surface area contributed by atoms with Crippen LogP contribution in [0.3, 0.4) is 0 Å². The fourth-order valence-corrected chi connectivity index (χ4v) is 3.61. The number of rotatable bonds is 6. The highest BCUT2D eigenvalue weighted by Gasteiger charge is 2.38. The van der Waals surface area contributed by atoms with Crippen LogP contribution in [0.4, 0.5) is 18.9 Å². The van der Waals surface area contributed by atoms with Crippen molar-refractivity contribution >= 4 is 21.4 Å². The minimum absolute atomic E-state index is 0.0668. The number of sulfone groups is 1. The number of benzene rings is 1. The highest BCUT2D eigenvalue weighted by atomic mass is 32.2. The molecule has 1 heterocycles. The van der Waals surface area contributed by atoms with Crippen molar-refractivity contribution in [3.05, 3.63) is 35.7 Å². The van der Waals surface area contributed by atoms with Crippen LogP contribution in [0.5, 0.6) is 5.75 Å². The lowest BCUT2D eigenvalue weighted by Gasteiger charge is -2.11. The van der Waals surface area contributed by atoms with E-state index in [0.717, 1.165) is 35.7 Å². The molecule has 1 aromatic carbocycles. The molecule has 1 aliphatic carbocycles. The van der Waals surface area contributed by atoms with Gasteiger partial charge in [-0.25, -0.2) is 8.42 Å². The second-order valence-corrected chi connectivity index (χ2v) is 8.79. The van der Waals surface area contributed by atoms with Gasteiger partial charge in [0.05, 0.1) is 16.3 Å². The standard InChI is InChI=1S/C17H18F3N3O4S/c1-2-28(26,27)11-5-6-14(24)12(7-11)21-16(25)9-23-13(10-3-4-10)8-15(22-23)17(18,19)20/h5-8,10,24H,2-4,9H2,1H3,(H,21,25). The largest absolute Gasteiger partial charge is 0.506 e. The summed E-state index contributed by atoms with van der Waals surface area (Å²) in [6.07, 6.45) is -3.17. The summed E-state index contributed by atoms with van der Waals surface area (Å²) in [6, 6.07) is 4.39. The van der Waals surface area contributed by atoms with E-state index in [1.54, 1.807) is 0 Å². The Morgan fingerprint density at radius 1 is 1.32 bits per heavy atom. The van der Waals surface area contributed by atoms with E-state index in [0.29, 0.717) is 5.69 Å².